The van der Waals surface area contributed by atoms with Crippen LogP contribution in [0.3, 0.4) is 0 Å². The van der Waals surface area contributed by atoms with Crippen LogP contribution in [0.1, 0.15) is 15.9 Å². The number of carbonyl (C=O) groups is 1. The number of ether oxygens (including phenoxy) is 1. The van der Waals surface area contributed by atoms with Gasteiger partial charge in [0.25, 0.3) is 5.91 Å². The minimum atomic E-state index is -0.191. The van der Waals surface area contributed by atoms with Crippen molar-refractivity contribution >= 4 is 33.4 Å². The van der Waals surface area contributed by atoms with Crippen LogP contribution >= 0.6 is 27.5 Å². The lowest BCUT2D eigenvalue weighted by atomic mass is 10.2. The number of aromatic nitrogens is 1. The van der Waals surface area contributed by atoms with Gasteiger partial charge in [-0.3, -0.25) is 4.79 Å². The molecule has 1 aromatic carbocycles. The van der Waals surface area contributed by atoms with Crippen molar-refractivity contribution in [3.8, 4) is 5.88 Å². The second kappa shape index (κ2) is 6.72. The van der Waals surface area contributed by atoms with Crippen LogP contribution in [0, 0.1) is 0 Å². The highest BCUT2D eigenvalue weighted by molar-refractivity contribution is 9.10. The standard InChI is InChI=1S/C14H12BrClN2O2/c1-20-13-4-9(2-3-17-13)8-18-14(19)10-5-11(15)7-12(16)6-10/h2-7H,8H2,1H3,(H,18,19). The minimum Gasteiger partial charge on any atom is -0.481 e. The molecule has 1 heterocycles. The van der Waals surface area contributed by atoms with Crippen molar-refractivity contribution < 1.29 is 9.53 Å². The molecular formula is C14H12BrClN2O2. The Kier molecular flexibility index (Phi) is 4.98. The van der Waals surface area contributed by atoms with E-state index in [2.05, 4.69) is 26.2 Å². The zero-order valence-corrected chi connectivity index (χ0v) is 13.0. The van der Waals surface area contributed by atoms with Crippen molar-refractivity contribution in [1.29, 1.82) is 0 Å². The molecule has 20 heavy (non-hydrogen) atoms. The lowest BCUT2D eigenvalue weighted by molar-refractivity contribution is 0.0951. The Morgan fingerprint density at radius 3 is 2.90 bits per heavy atom. The number of nitrogens with zero attached hydrogens (tertiary/aromatic N) is 1. The first-order valence-corrected chi connectivity index (χ1v) is 6.99. The van der Waals surface area contributed by atoms with E-state index in [0.29, 0.717) is 23.0 Å². The Labute approximate surface area is 130 Å². The third-order valence-corrected chi connectivity index (χ3v) is 3.26. The second-order valence-electron chi connectivity index (χ2n) is 4.05. The Balaban J connectivity index is 2.04. The number of pyridine rings is 1. The van der Waals surface area contributed by atoms with Crippen LogP contribution in [-0.4, -0.2) is 18.0 Å². The molecule has 0 saturated carbocycles. The fourth-order valence-corrected chi connectivity index (χ4v) is 2.50. The number of amides is 1. The summed E-state index contributed by atoms with van der Waals surface area (Å²) < 4.78 is 5.79. The number of hydrogen-bond acceptors (Lipinski definition) is 3. The maximum absolute atomic E-state index is 12.0. The van der Waals surface area contributed by atoms with Crippen LogP contribution in [0.2, 0.25) is 5.02 Å². The van der Waals surface area contributed by atoms with Gasteiger partial charge in [-0.05, 0) is 29.8 Å². The Morgan fingerprint density at radius 2 is 2.20 bits per heavy atom. The van der Waals surface area contributed by atoms with E-state index in [4.69, 9.17) is 16.3 Å². The van der Waals surface area contributed by atoms with E-state index in [9.17, 15) is 4.79 Å². The average Bonchev–Trinajstić information content (AvgIpc) is 2.44. The van der Waals surface area contributed by atoms with E-state index in [1.54, 1.807) is 37.6 Å². The molecule has 0 aliphatic carbocycles. The first kappa shape index (κ1) is 14.8. The van der Waals surface area contributed by atoms with Gasteiger partial charge in [-0.15, -0.1) is 0 Å². The molecule has 0 spiro atoms. The van der Waals surface area contributed by atoms with E-state index in [1.165, 1.54) is 0 Å². The normalized spacial score (nSPS) is 10.2. The molecule has 4 nitrogen and oxygen atoms in total. The molecule has 0 fully saturated rings. The first-order valence-electron chi connectivity index (χ1n) is 5.81. The fourth-order valence-electron chi connectivity index (χ4n) is 1.64. The third-order valence-electron chi connectivity index (χ3n) is 2.59. The molecule has 0 atom stereocenters. The molecule has 0 bridgehead atoms. The summed E-state index contributed by atoms with van der Waals surface area (Å²) >= 11 is 9.22. The number of rotatable bonds is 4. The van der Waals surface area contributed by atoms with E-state index in [0.717, 1.165) is 10.0 Å². The number of carbonyl (C=O) groups excluding carboxylic acids is 1. The Bertz CT molecular complexity index is 614. The van der Waals surface area contributed by atoms with E-state index >= 15 is 0 Å². The van der Waals surface area contributed by atoms with E-state index in [1.807, 2.05) is 6.07 Å². The maximum atomic E-state index is 12.0. The zero-order valence-electron chi connectivity index (χ0n) is 10.7. The smallest absolute Gasteiger partial charge is 0.251 e. The number of halogens is 2. The molecule has 1 aromatic heterocycles. The van der Waals surface area contributed by atoms with Gasteiger partial charge in [-0.2, -0.15) is 0 Å². The van der Waals surface area contributed by atoms with Gasteiger partial charge < -0.3 is 10.1 Å². The highest BCUT2D eigenvalue weighted by Gasteiger charge is 2.08. The first-order chi connectivity index (χ1) is 9.58. The Hall–Kier alpha value is -1.59. The largest absolute Gasteiger partial charge is 0.481 e. The molecule has 6 heteroatoms. The van der Waals surface area contributed by atoms with Crippen molar-refractivity contribution in [3.05, 3.63) is 57.2 Å². The SMILES string of the molecule is COc1cc(CNC(=O)c2cc(Cl)cc(Br)c2)ccn1. The van der Waals surface area contributed by atoms with Gasteiger partial charge in [-0.1, -0.05) is 27.5 Å². The fraction of sp³-hybridized carbons (Fsp3) is 0.143. The van der Waals surface area contributed by atoms with Crippen LogP contribution in [0.15, 0.2) is 41.0 Å². The molecule has 1 N–H and O–H groups in total. The molecule has 0 aliphatic heterocycles. The van der Waals surface area contributed by atoms with Crippen LogP contribution in [-0.2, 0) is 6.54 Å². The number of benzene rings is 1. The summed E-state index contributed by atoms with van der Waals surface area (Å²) in [6.07, 6.45) is 1.64. The van der Waals surface area contributed by atoms with Gasteiger partial charge in [0.05, 0.1) is 7.11 Å². The average molecular weight is 356 g/mol. The number of hydrogen-bond donors (Lipinski definition) is 1. The highest BCUT2D eigenvalue weighted by Crippen LogP contribution is 2.19. The molecule has 1 amide bonds. The second-order valence-corrected chi connectivity index (χ2v) is 5.40. The summed E-state index contributed by atoms with van der Waals surface area (Å²) in [6.45, 7) is 0.391. The van der Waals surface area contributed by atoms with Crippen molar-refractivity contribution in [2.24, 2.45) is 0 Å². The van der Waals surface area contributed by atoms with Gasteiger partial charge in [0.15, 0.2) is 0 Å². The summed E-state index contributed by atoms with van der Waals surface area (Å²) in [5, 5.41) is 3.33. The van der Waals surface area contributed by atoms with Gasteiger partial charge in [0, 0.05) is 33.9 Å². The molecule has 0 saturated heterocycles. The Morgan fingerprint density at radius 1 is 1.40 bits per heavy atom. The summed E-state index contributed by atoms with van der Waals surface area (Å²) in [4.78, 5) is 16.0. The topological polar surface area (TPSA) is 51.2 Å². The summed E-state index contributed by atoms with van der Waals surface area (Å²) in [5.74, 6) is 0.325. The van der Waals surface area contributed by atoms with Crippen LogP contribution in [0.4, 0.5) is 0 Å². The predicted molar refractivity (Wildman–Crippen MR) is 81.1 cm³/mol. The number of nitrogens with one attached hydrogen (secondary N) is 1. The molecular weight excluding hydrogens is 344 g/mol. The van der Waals surface area contributed by atoms with Gasteiger partial charge in [0.2, 0.25) is 5.88 Å². The van der Waals surface area contributed by atoms with Crippen molar-refractivity contribution in [3.63, 3.8) is 0 Å². The van der Waals surface area contributed by atoms with E-state index < -0.39 is 0 Å². The van der Waals surface area contributed by atoms with Gasteiger partial charge in [-0.25, -0.2) is 4.98 Å². The summed E-state index contributed by atoms with van der Waals surface area (Å²) in [7, 11) is 1.55. The van der Waals surface area contributed by atoms with Gasteiger partial charge in [0.1, 0.15) is 0 Å². The predicted octanol–water partition coefficient (Wildman–Crippen LogP) is 3.44. The van der Waals surface area contributed by atoms with Crippen molar-refractivity contribution in [1.82, 2.24) is 10.3 Å². The quantitative estimate of drug-likeness (QED) is 0.914. The van der Waals surface area contributed by atoms with Crippen LogP contribution < -0.4 is 10.1 Å². The van der Waals surface area contributed by atoms with Gasteiger partial charge >= 0.3 is 0 Å². The summed E-state index contributed by atoms with van der Waals surface area (Å²) in [6, 6.07) is 8.65. The third kappa shape index (κ3) is 3.95. The molecule has 0 aliphatic rings. The van der Waals surface area contributed by atoms with Crippen LogP contribution in [0.5, 0.6) is 5.88 Å². The summed E-state index contributed by atoms with van der Waals surface area (Å²) in [5.41, 5.74) is 1.41. The highest BCUT2D eigenvalue weighted by atomic mass is 79.9. The zero-order chi connectivity index (χ0) is 14.5. The van der Waals surface area contributed by atoms with E-state index in [-0.39, 0.29) is 5.91 Å². The lowest BCUT2D eigenvalue weighted by Crippen LogP contribution is -2.22. The van der Waals surface area contributed by atoms with Crippen molar-refractivity contribution in [2.75, 3.05) is 7.11 Å². The molecule has 2 rings (SSSR count). The molecule has 104 valence electrons. The monoisotopic (exact) mass is 354 g/mol. The molecule has 2 aromatic rings. The minimum absolute atomic E-state index is 0.191. The van der Waals surface area contributed by atoms with Crippen molar-refractivity contribution in [2.45, 2.75) is 6.54 Å². The van der Waals surface area contributed by atoms with Crippen LogP contribution in [0.25, 0.3) is 0 Å². The molecule has 0 radical (unpaired) electrons. The molecule has 0 unspecified atom stereocenters. The number of methoxy groups -OCH3 is 1. The lowest BCUT2D eigenvalue weighted by Gasteiger charge is -2.07. The maximum Gasteiger partial charge on any atom is 0.251 e.